The molecule has 2 aromatic carbocycles. The van der Waals surface area contributed by atoms with E-state index in [1.807, 2.05) is 0 Å². The Kier molecular flexibility index (Phi) is 7.13. The van der Waals surface area contributed by atoms with Gasteiger partial charge in [-0.15, -0.1) is 0 Å². The fourth-order valence-corrected chi connectivity index (χ4v) is 2.19. The molecule has 0 fully saturated rings. The molecule has 0 aliphatic rings. The van der Waals surface area contributed by atoms with E-state index < -0.39 is 30.2 Å². The first-order chi connectivity index (χ1) is 12.9. The average Bonchev–Trinajstić information content (AvgIpc) is 2.66. The molecule has 27 heavy (non-hydrogen) atoms. The van der Waals surface area contributed by atoms with Crippen LogP contribution < -0.4 is 15.4 Å². The molecule has 142 valence electrons. The summed E-state index contributed by atoms with van der Waals surface area (Å²) < 4.78 is 22.7. The van der Waals surface area contributed by atoms with Crippen molar-refractivity contribution in [1.82, 2.24) is 5.32 Å². The zero-order chi connectivity index (χ0) is 19.8. The minimum Gasteiger partial charge on any atom is -0.496 e. The van der Waals surface area contributed by atoms with E-state index in [-0.39, 0.29) is 17.9 Å². The van der Waals surface area contributed by atoms with E-state index in [0.29, 0.717) is 10.7 Å². The van der Waals surface area contributed by atoms with E-state index >= 15 is 0 Å². The van der Waals surface area contributed by atoms with Crippen LogP contribution in [0.5, 0.6) is 5.75 Å². The molecule has 0 aromatic heterocycles. The number of hydrogen-bond donors (Lipinski definition) is 2. The van der Waals surface area contributed by atoms with Crippen LogP contribution in [0.3, 0.4) is 0 Å². The van der Waals surface area contributed by atoms with Gasteiger partial charge in [-0.25, -0.2) is 9.18 Å². The first-order valence-electron chi connectivity index (χ1n) is 7.72. The molecule has 2 rings (SSSR count). The molecular formula is C18H16ClFN2O5. The molecule has 0 unspecified atom stereocenters. The van der Waals surface area contributed by atoms with Crippen LogP contribution in [-0.4, -0.2) is 38.0 Å². The van der Waals surface area contributed by atoms with Gasteiger partial charge in [-0.05, 0) is 42.5 Å². The summed E-state index contributed by atoms with van der Waals surface area (Å²) in [7, 11) is 1.38. The maximum absolute atomic E-state index is 12.8. The molecule has 2 amide bonds. The lowest BCUT2D eigenvalue weighted by Gasteiger charge is -2.10. The second-order valence-corrected chi connectivity index (χ2v) is 5.69. The monoisotopic (exact) mass is 394 g/mol. The Morgan fingerprint density at radius 3 is 2.44 bits per heavy atom. The quantitative estimate of drug-likeness (QED) is 0.703. The number of carbonyl (C=O) groups is 3. The Morgan fingerprint density at radius 1 is 1.07 bits per heavy atom. The zero-order valence-corrected chi connectivity index (χ0v) is 15.0. The standard InChI is InChI=1S/C18H16ClFN2O5/c1-26-15-7-2-11(19)8-14(15)18(25)27-10-17(24)21-9-16(23)22-13-5-3-12(20)4-6-13/h2-8H,9-10H2,1H3,(H,21,24)(H,22,23). The predicted octanol–water partition coefficient (Wildman–Crippen LogP) is 2.40. The summed E-state index contributed by atoms with van der Waals surface area (Å²) in [5.74, 6) is -2.15. The summed E-state index contributed by atoms with van der Waals surface area (Å²) in [6, 6.07) is 9.55. The maximum atomic E-state index is 12.8. The van der Waals surface area contributed by atoms with Crippen LogP contribution in [0.15, 0.2) is 42.5 Å². The van der Waals surface area contributed by atoms with Crippen molar-refractivity contribution in [1.29, 1.82) is 0 Å². The van der Waals surface area contributed by atoms with Gasteiger partial charge in [-0.1, -0.05) is 11.6 Å². The fraction of sp³-hybridized carbons (Fsp3) is 0.167. The van der Waals surface area contributed by atoms with Gasteiger partial charge < -0.3 is 20.1 Å². The highest BCUT2D eigenvalue weighted by Crippen LogP contribution is 2.23. The van der Waals surface area contributed by atoms with E-state index in [0.717, 1.165) is 0 Å². The molecule has 2 N–H and O–H groups in total. The Balaban J connectivity index is 1.79. The van der Waals surface area contributed by atoms with Gasteiger partial charge in [0.2, 0.25) is 5.91 Å². The van der Waals surface area contributed by atoms with Crippen LogP contribution in [-0.2, 0) is 14.3 Å². The van der Waals surface area contributed by atoms with E-state index in [4.69, 9.17) is 21.1 Å². The molecule has 0 bridgehead atoms. The van der Waals surface area contributed by atoms with Crippen molar-refractivity contribution in [3.63, 3.8) is 0 Å². The van der Waals surface area contributed by atoms with E-state index in [1.165, 1.54) is 43.5 Å². The number of ether oxygens (including phenoxy) is 2. The minimum atomic E-state index is -0.791. The number of benzene rings is 2. The second kappa shape index (κ2) is 9.54. The maximum Gasteiger partial charge on any atom is 0.342 e. The van der Waals surface area contributed by atoms with Crippen LogP contribution in [0.2, 0.25) is 5.02 Å². The van der Waals surface area contributed by atoms with Gasteiger partial charge >= 0.3 is 5.97 Å². The van der Waals surface area contributed by atoms with Crippen molar-refractivity contribution in [2.45, 2.75) is 0 Å². The summed E-state index contributed by atoms with van der Waals surface area (Å²) in [4.78, 5) is 35.5. The van der Waals surface area contributed by atoms with Gasteiger partial charge in [0.1, 0.15) is 17.1 Å². The fourth-order valence-electron chi connectivity index (χ4n) is 2.02. The van der Waals surface area contributed by atoms with Crippen molar-refractivity contribution in [2.75, 3.05) is 25.6 Å². The van der Waals surface area contributed by atoms with Gasteiger partial charge in [0.15, 0.2) is 6.61 Å². The number of halogens is 2. The van der Waals surface area contributed by atoms with Crippen LogP contribution in [0.1, 0.15) is 10.4 Å². The van der Waals surface area contributed by atoms with Crippen molar-refractivity contribution in [2.24, 2.45) is 0 Å². The Labute approximate surface area is 159 Å². The van der Waals surface area contributed by atoms with E-state index in [9.17, 15) is 18.8 Å². The molecule has 0 saturated heterocycles. The molecule has 2 aromatic rings. The summed E-state index contributed by atoms with van der Waals surface area (Å²) in [6.07, 6.45) is 0. The van der Waals surface area contributed by atoms with Gasteiger partial charge in [0, 0.05) is 10.7 Å². The van der Waals surface area contributed by atoms with Crippen molar-refractivity contribution in [3.05, 3.63) is 58.9 Å². The molecule has 9 heteroatoms. The van der Waals surface area contributed by atoms with E-state index in [1.54, 1.807) is 6.07 Å². The average molecular weight is 395 g/mol. The molecule has 7 nitrogen and oxygen atoms in total. The Bertz CT molecular complexity index is 842. The molecule has 0 aliphatic carbocycles. The Hall–Kier alpha value is -3.13. The van der Waals surface area contributed by atoms with Crippen LogP contribution >= 0.6 is 11.6 Å². The molecule has 0 radical (unpaired) electrons. The highest BCUT2D eigenvalue weighted by atomic mass is 35.5. The lowest BCUT2D eigenvalue weighted by atomic mass is 10.2. The lowest BCUT2D eigenvalue weighted by molar-refractivity contribution is -0.126. The van der Waals surface area contributed by atoms with Crippen LogP contribution in [0.25, 0.3) is 0 Å². The number of esters is 1. The van der Waals surface area contributed by atoms with Crippen molar-refractivity contribution < 1.29 is 28.2 Å². The largest absolute Gasteiger partial charge is 0.496 e. The topological polar surface area (TPSA) is 93.7 Å². The number of rotatable bonds is 7. The minimum absolute atomic E-state index is 0.0758. The Morgan fingerprint density at radius 2 is 1.78 bits per heavy atom. The number of anilines is 1. The van der Waals surface area contributed by atoms with Gasteiger partial charge in [0.05, 0.1) is 13.7 Å². The highest BCUT2D eigenvalue weighted by Gasteiger charge is 2.16. The normalized spacial score (nSPS) is 10.0. The molecule has 0 spiro atoms. The van der Waals surface area contributed by atoms with Gasteiger partial charge in [-0.2, -0.15) is 0 Å². The predicted molar refractivity (Wildman–Crippen MR) is 96.3 cm³/mol. The molecule has 0 heterocycles. The van der Waals surface area contributed by atoms with Crippen molar-refractivity contribution in [3.8, 4) is 5.75 Å². The van der Waals surface area contributed by atoms with Crippen LogP contribution in [0, 0.1) is 5.82 Å². The third kappa shape index (κ3) is 6.27. The zero-order valence-electron chi connectivity index (χ0n) is 14.3. The molecular weight excluding hydrogens is 379 g/mol. The summed E-state index contributed by atoms with van der Waals surface area (Å²) >= 11 is 5.83. The third-order valence-corrected chi connectivity index (χ3v) is 3.52. The van der Waals surface area contributed by atoms with Crippen molar-refractivity contribution >= 4 is 35.1 Å². The van der Waals surface area contributed by atoms with Gasteiger partial charge in [0.25, 0.3) is 5.91 Å². The molecule has 0 saturated carbocycles. The van der Waals surface area contributed by atoms with Gasteiger partial charge in [-0.3, -0.25) is 9.59 Å². The second-order valence-electron chi connectivity index (χ2n) is 5.25. The number of nitrogens with one attached hydrogen (secondary N) is 2. The number of carbonyl (C=O) groups excluding carboxylic acids is 3. The first-order valence-corrected chi connectivity index (χ1v) is 8.09. The molecule has 0 aliphatic heterocycles. The third-order valence-electron chi connectivity index (χ3n) is 3.29. The first kappa shape index (κ1) is 20.2. The summed E-state index contributed by atoms with van der Waals surface area (Å²) in [5, 5.41) is 5.09. The van der Waals surface area contributed by atoms with E-state index in [2.05, 4.69) is 10.6 Å². The summed E-state index contributed by atoms with van der Waals surface area (Å²) in [6.45, 7) is -0.924. The smallest absolute Gasteiger partial charge is 0.342 e. The summed E-state index contributed by atoms with van der Waals surface area (Å²) in [5.41, 5.74) is 0.460. The number of amides is 2. The van der Waals surface area contributed by atoms with Crippen LogP contribution in [0.4, 0.5) is 10.1 Å². The lowest BCUT2D eigenvalue weighted by Crippen LogP contribution is -2.35. The highest BCUT2D eigenvalue weighted by molar-refractivity contribution is 6.31. The molecule has 0 atom stereocenters. The SMILES string of the molecule is COc1ccc(Cl)cc1C(=O)OCC(=O)NCC(=O)Nc1ccc(F)cc1. The number of methoxy groups -OCH3 is 1. The number of hydrogen-bond acceptors (Lipinski definition) is 5.